The average Bonchev–Trinajstić information content (AvgIpc) is 2.78. The van der Waals surface area contributed by atoms with Gasteiger partial charge in [-0.3, -0.25) is 9.38 Å². The maximum absolute atomic E-state index is 13.7. The zero-order valence-corrected chi connectivity index (χ0v) is 9.57. The van der Waals surface area contributed by atoms with Crippen molar-refractivity contribution >= 4 is 17.2 Å². The van der Waals surface area contributed by atoms with E-state index in [1.54, 1.807) is 0 Å². The molecule has 2 heterocycles. The van der Waals surface area contributed by atoms with Gasteiger partial charge in [0.1, 0.15) is 5.15 Å². The van der Waals surface area contributed by atoms with E-state index < -0.39 is 11.6 Å². The molecule has 0 fully saturated rings. The van der Waals surface area contributed by atoms with E-state index in [4.69, 9.17) is 11.6 Å². The van der Waals surface area contributed by atoms with Gasteiger partial charge in [0.05, 0.1) is 18.0 Å². The third-order valence-corrected chi connectivity index (χ3v) is 2.73. The fourth-order valence-electron chi connectivity index (χ4n) is 1.66. The van der Waals surface area contributed by atoms with Crippen LogP contribution < -0.4 is 0 Å². The summed E-state index contributed by atoms with van der Waals surface area (Å²) < 4.78 is 28.3. The number of aromatic nitrogens is 4. The van der Waals surface area contributed by atoms with Gasteiger partial charge in [0.25, 0.3) is 0 Å². The first kappa shape index (κ1) is 11.0. The molecule has 0 aliphatic rings. The molecule has 3 rings (SSSR count). The molecule has 0 amide bonds. The monoisotopic (exact) mass is 266 g/mol. The molecule has 0 aliphatic heterocycles. The molecule has 0 unspecified atom stereocenters. The van der Waals surface area contributed by atoms with Crippen LogP contribution in [0.15, 0.2) is 30.6 Å². The summed E-state index contributed by atoms with van der Waals surface area (Å²) in [5.41, 5.74) is 0.358. The Morgan fingerprint density at radius 3 is 2.78 bits per heavy atom. The highest BCUT2D eigenvalue weighted by molar-refractivity contribution is 6.29. The highest BCUT2D eigenvalue weighted by Crippen LogP contribution is 2.25. The van der Waals surface area contributed by atoms with Gasteiger partial charge < -0.3 is 0 Å². The molecule has 0 saturated heterocycles. The van der Waals surface area contributed by atoms with E-state index in [0.29, 0.717) is 5.65 Å². The lowest BCUT2D eigenvalue weighted by Gasteiger charge is -2.03. The predicted octanol–water partition coefficient (Wildman–Crippen LogP) is 2.72. The van der Waals surface area contributed by atoms with Gasteiger partial charge in [-0.2, -0.15) is 0 Å². The number of halogens is 3. The third-order valence-electron chi connectivity index (χ3n) is 2.47. The standard InChI is InChI=1S/C11H5ClF2N4/c12-8-4-15-5-9-16-17-11(18(8)9)6-2-1-3-7(13)10(6)14/h1-5H. The second kappa shape index (κ2) is 3.99. The first-order chi connectivity index (χ1) is 8.68. The smallest absolute Gasteiger partial charge is 0.180 e. The second-order valence-corrected chi connectivity index (χ2v) is 3.94. The Balaban J connectivity index is 2.36. The topological polar surface area (TPSA) is 43.1 Å². The van der Waals surface area contributed by atoms with Crippen LogP contribution in [0.4, 0.5) is 8.78 Å². The van der Waals surface area contributed by atoms with Crippen LogP contribution in [0.2, 0.25) is 5.15 Å². The van der Waals surface area contributed by atoms with Gasteiger partial charge in [0.2, 0.25) is 0 Å². The van der Waals surface area contributed by atoms with Crippen molar-refractivity contribution in [3.63, 3.8) is 0 Å². The molecule has 0 N–H and O–H groups in total. The Hall–Kier alpha value is -2.08. The first-order valence-corrected chi connectivity index (χ1v) is 5.35. The van der Waals surface area contributed by atoms with Crippen LogP contribution in [0.1, 0.15) is 0 Å². The van der Waals surface area contributed by atoms with Crippen LogP contribution >= 0.6 is 11.6 Å². The first-order valence-electron chi connectivity index (χ1n) is 4.97. The maximum atomic E-state index is 13.7. The van der Waals surface area contributed by atoms with E-state index in [0.717, 1.165) is 6.07 Å². The van der Waals surface area contributed by atoms with Crippen LogP contribution in [0, 0.1) is 11.6 Å². The summed E-state index contributed by atoms with van der Waals surface area (Å²) >= 11 is 5.95. The lowest BCUT2D eigenvalue weighted by molar-refractivity contribution is 0.510. The molecule has 4 nitrogen and oxygen atoms in total. The van der Waals surface area contributed by atoms with Crippen LogP contribution in [0.25, 0.3) is 17.0 Å². The van der Waals surface area contributed by atoms with E-state index in [2.05, 4.69) is 15.2 Å². The molecule has 0 atom stereocenters. The van der Waals surface area contributed by atoms with Crippen molar-refractivity contribution in [3.8, 4) is 11.4 Å². The van der Waals surface area contributed by atoms with Crippen LogP contribution in [-0.4, -0.2) is 19.6 Å². The number of hydrogen-bond donors (Lipinski definition) is 0. The summed E-state index contributed by atoms with van der Waals surface area (Å²) in [7, 11) is 0. The molecule has 0 aliphatic carbocycles. The summed E-state index contributed by atoms with van der Waals surface area (Å²) in [6.45, 7) is 0. The van der Waals surface area contributed by atoms with Gasteiger partial charge in [-0.05, 0) is 12.1 Å². The number of rotatable bonds is 1. The Morgan fingerprint density at radius 1 is 1.11 bits per heavy atom. The summed E-state index contributed by atoms with van der Waals surface area (Å²) in [5, 5.41) is 7.83. The second-order valence-electron chi connectivity index (χ2n) is 3.55. The van der Waals surface area contributed by atoms with Crippen LogP contribution in [-0.2, 0) is 0 Å². The van der Waals surface area contributed by atoms with Crippen molar-refractivity contribution in [1.29, 1.82) is 0 Å². The van der Waals surface area contributed by atoms with Crippen molar-refractivity contribution in [2.75, 3.05) is 0 Å². The SMILES string of the molecule is Fc1cccc(-c2nnc3cncc(Cl)n23)c1F. The number of hydrogen-bond acceptors (Lipinski definition) is 3. The molecule has 7 heteroatoms. The predicted molar refractivity (Wildman–Crippen MR) is 61.1 cm³/mol. The lowest BCUT2D eigenvalue weighted by Crippen LogP contribution is -1.96. The van der Waals surface area contributed by atoms with E-state index in [1.807, 2.05) is 0 Å². The molecule has 0 spiro atoms. The molecule has 0 radical (unpaired) electrons. The van der Waals surface area contributed by atoms with E-state index in [9.17, 15) is 8.78 Å². The summed E-state index contributed by atoms with van der Waals surface area (Å²) in [4.78, 5) is 3.84. The summed E-state index contributed by atoms with van der Waals surface area (Å²) in [5.74, 6) is -1.80. The molecule has 3 aromatic rings. The minimum Gasteiger partial charge on any atom is -0.262 e. The zero-order chi connectivity index (χ0) is 12.7. The Kier molecular flexibility index (Phi) is 2.45. The molecule has 2 aromatic heterocycles. The lowest BCUT2D eigenvalue weighted by atomic mass is 10.2. The maximum Gasteiger partial charge on any atom is 0.180 e. The van der Waals surface area contributed by atoms with Gasteiger partial charge in [-0.15, -0.1) is 10.2 Å². The number of nitrogens with zero attached hydrogens (tertiary/aromatic N) is 4. The third kappa shape index (κ3) is 1.53. The number of fused-ring (bicyclic) bond motifs is 1. The highest BCUT2D eigenvalue weighted by Gasteiger charge is 2.16. The average molecular weight is 267 g/mol. The summed E-state index contributed by atoms with van der Waals surface area (Å²) in [6.07, 6.45) is 2.80. The molecular formula is C11H5ClF2N4. The normalized spacial score (nSPS) is 11.1. The Labute approximate surface area is 105 Å². The zero-order valence-electron chi connectivity index (χ0n) is 8.81. The van der Waals surface area contributed by atoms with Gasteiger partial charge in [0.15, 0.2) is 23.1 Å². The van der Waals surface area contributed by atoms with Crippen molar-refractivity contribution in [2.45, 2.75) is 0 Å². The van der Waals surface area contributed by atoms with Gasteiger partial charge in [-0.1, -0.05) is 17.7 Å². The molecule has 90 valence electrons. The van der Waals surface area contributed by atoms with E-state index in [-0.39, 0.29) is 16.5 Å². The van der Waals surface area contributed by atoms with Crippen LogP contribution in [0.3, 0.4) is 0 Å². The number of benzene rings is 1. The minimum atomic E-state index is -0.986. The van der Waals surface area contributed by atoms with Crippen molar-refractivity contribution in [2.24, 2.45) is 0 Å². The van der Waals surface area contributed by atoms with E-state index >= 15 is 0 Å². The Bertz CT molecular complexity index is 741. The molecule has 1 aromatic carbocycles. The summed E-state index contributed by atoms with van der Waals surface area (Å²) in [6, 6.07) is 3.83. The highest BCUT2D eigenvalue weighted by atomic mass is 35.5. The largest absolute Gasteiger partial charge is 0.262 e. The van der Waals surface area contributed by atoms with Crippen LogP contribution in [0.5, 0.6) is 0 Å². The van der Waals surface area contributed by atoms with Gasteiger partial charge >= 0.3 is 0 Å². The molecule has 0 saturated carbocycles. The van der Waals surface area contributed by atoms with Crippen molar-refractivity contribution < 1.29 is 8.78 Å². The fraction of sp³-hybridized carbons (Fsp3) is 0. The van der Waals surface area contributed by atoms with E-state index in [1.165, 1.54) is 28.9 Å². The molecule has 0 bridgehead atoms. The Morgan fingerprint density at radius 2 is 1.94 bits per heavy atom. The quantitative estimate of drug-likeness (QED) is 0.680. The van der Waals surface area contributed by atoms with Gasteiger partial charge in [-0.25, -0.2) is 8.78 Å². The molecular weight excluding hydrogens is 262 g/mol. The molecule has 18 heavy (non-hydrogen) atoms. The fourth-order valence-corrected chi connectivity index (χ4v) is 1.89. The van der Waals surface area contributed by atoms with Crippen molar-refractivity contribution in [1.82, 2.24) is 19.6 Å². The van der Waals surface area contributed by atoms with Crippen molar-refractivity contribution in [3.05, 3.63) is 47.4 Å². The minimum absolute atomic E-state index is 0.00407. The van der Waals surface area contributed by atoms with Gasteiger partial charge in [0, 0.05) is 0 Å².